The van der Waals surface area contributed by atoms with E-state index in [2.05, 4.69) is 22.4 Å². The number of thioether (sulfide) groups is 1. The number of hydrogen-bond donors (Lipinski definition) is 5. The second-order valence-electron chi connectivity index (χ2n) is 23.6. The third-order valence-corrected chi connectivity index (χ3v) is 18.7. The molecule has 2 aromatic rings. The molecule has 0 radical (unpaired) electrons. The Morgan fingerprint density at radius 1 is 0.961 bits per heavy atom. The Morgan fingerprint density at radius 2 is 1.63 bits per heavy atom. The lowest BCUT2D eigenvalue weighted by molar-refractivity contribution is -0.318. The number of aliphatic hydroxyl groups excluding tert-OH is 3. The molecule has 18 nitrogen and oxygen atoms in total. The zero-order valence-electron chi connectivity index (χ0n) is 47.8. The topological polar surface area (TPSA) is 220 Å². The first kappa shape index (κ1) is 62.8. The molecule has 434 valence electrons. The molecule has 5 N–H and O–H groups in total. The SMILES string of the molecule is CC[C@H]1OC(=O)[C@H](C)[C@@H](O[C@H]2C[C@@](C)(OC)[C@@H](O)[C@H](C)O2)[C@H](C)[C@@H](O[C@@H]2O[C@H](C)C[C@H](N(C)CCc3cn([C@H](CF)[C@H](OC)c4ccc(SC5CCCC5)cc4)nn3)[C@H]2O)[C@](C)(O)C[C@@H](C)CN(C)[C@H](C)[C@@H](O)[C@]1(C)O. The van der Waals surface area contributed by atoms with Gasteiger partial charge in [0, 0.05) is 74.5 Å². The molecule has 4 fully saturated rings. The summed E-state index contributed by atoms with van der Waals surface area (Å²) in [6.45, 7) is 17.6. The summed E-state index contributed by atoms with van der Waals surface area (Å²) in [5, 5.41) is 69.3. The van der Waals surface area contributed by atoms with Crippen molar-refractivity contribution in [2.45, 2.75) is 240 Å². The van der Waals surface area contributed by atoms with Gasteiger partial charge in [-0.3, -0.25) is 4.79 Å². The molecular formula is C56H94FN5O13S. The Balaban J connectivity index is 1.24. The molecule has 4 aliphatic rings. The number of likely N-dealkylation sites (N-methyl/N-ethyl adjacent to an activating group) is 2. The van der Waals surface area contributed by atoms with E-state index in [1.165, 1.54) is 49.3 Å². The minimum absolute atomic E-state index is 0.0894. The Hall–Kier alpha value is -2.41. The number of aliphatic hydroxyl groups is 5. The van der Waals surface area contributed by atoms with Crippen LogP contribution in [0.1, 0.15) is 144 Å². The minimum Gasteiger partial charge on any atom is -0.459 e. The van der Waals surface area contributed by atoms with Crippen LogP contribution in [0.5, 0.6) is 0 Å². The van der Waals surface area contributed by atoms with E-state index in [4.69, 9.17) is 33.2 Å². The molecule has 4 heterocycles. The van der Waals surface area contributed by atoms with Crippen molar-refractivity contribution in [2.75, 3.05) is 48.1 Å². The summed E-state index contributed by atoms with van der Waals surface area (Å²) in [6.07, 6.45) is -2.77. The molecule has 1 aromatic heterocycles. The van der Waals surface area contributed by atoms with Gasteiger partial charge < -0.3 is 68.5 Å². The molecule has 3 saturated heterocycles. The van der Waals surface area contributed by atoms with E-state index >= 15 is 0 Å². The van der Waals surface area contributed by atoms with Gasteiger partial charge in [-0.05, 0) is 118 Å². The van der Waals surface area contributed by atoms with Gasteiger partial charge in [0.05, 0.1) is 47.2 Å². The highest BCUT2D eigenvalue weighted by molar-refractivity contribution is 8.00. The van der Waals surface area contributed by atoms with Crippen molar-refractivity contribution < 1.29 is 67.9 Å². The van der Waals surface area contributed by atoms with Gasteiger partial charge in [0.25, 0.3) is 0 Å². The van der Waals surface area contributed by atoms with Gasteiger partial charge in [0.1, 0.15) is 48.8 Å². The number of rotatable bonds is 17. The molecule has 1 aromatic carbocycles. The van der Waals surface area contributed by atoms with Crippen molar-refractivity contribution in [1.29, 1.82) is 0 Å². The maximum absolute atomic E-state index is 14.9. The van der Waals surface area contributed by atoms with Crippen molar-refractivity contribution in [3.8, 4) is 0 Å². The van der Waals surface area contributed by atoms with E-state index < -0.39 is 127 Å². The number of esters is 1. The highest BCUT2D eigenvalue weighted by Crippen LogP contribution is 2.41. The van der Waals surface area contributed by atoms with E-state index in [9.17, 15) is 34.7 Å². The number of carbonyl (C=O) groups excluding carboxylic acids is 1. The van der Waals surface area contributed by atoms with Crippen LogP contribution >= 0.6 is 11.8 Å². The zero-order valence-corrected chi connectivity index (χ0v) is 48.6. The Morgan fingerprint density at radius 3 is 2.25 bits per heavy atom. The second kappa shape index (κ2) is 26.9. The molecule has 0 bridgehead atoms. The molecule has 3 aliphatic heterocycles. The van der Waals surface area contributed by atoms with E-state index in [1.807, 2.05) is 68.6 Å². The third kappa shape index (κ3) is 14.7. The number of ether oxygens (including phenoxy) is 7. The van der Waals surface area contributed by atoms with Crippen molar-refractivity contribution >= 4 is 17.7 Å². The molecular weight excluding hydrogens is 1000 g/mol. The molecule has 76 heavy (non-hydrogen) atoms. The second-order valence-corrected chi connectivity index (χ2v) is 25.0. The monoisotopic (exact) mass is 1100 g/mol. The number of methoxy groups -OCH3 is 2. The zero-order chi connectivity index (χ0) is 56.0. The lowest BCUT2D eigenvalue weighted by atomic mass is 9.77. The number of cyclic esters (lactones) is 1. The first-order valence-corrected chi connectivity index (χ1v) is 28.7. The number of nitrogens with zero attached hydrogens (tertiary/aromatic N) is 5. The van der Waals surface area contributed by atoms with Crippen LogP contribution in [-0.4, -0.2) is 200 Å². The maximum Gasteiger partial charge on any atom is 0.311 e. The third-order valence-electron chi connectivity index (χ3n) is 17.3. The van der Waals surface area contributed by atoms with Crippen LogP contribution in [0.15, 0.2) is 35.4 Å². The van der Waals surface area contributed by atoms with Crippen molar-refractivity contribution in [3.63, 3.8) is 0 Å². The number of carbonyl (C=O) groups is 1. The predicted octanol–water partition coefficient (Wildman–Crippen LogP) is 6.04. The molecule has 0 unspecified atom stereocenters. The van der Waals surface area contributed by atoms with Crippen molar-refractivity contribution in [1.82, 2.24) is 24.8 Å². The quantitative estimate of drug-likeness (QED) is 0.114. The van der Waals surface area contributed by atoms with Crippen LogP contribution in [0.4, 0.5) is 4.39 Å². The summed E-state index contributed by atoms with van der Waals surface area (Å²) >= 11 is 1.90. The number of aromatic nitrogens is 3. The van der Waals surface area contributed by atoms with Crippen LogP contribution in [0.25, 0.3) is 0 Å². The van der Waals surface area contributed by atoms with Gasteiger partial charge in [-0.15, -0.1) is 16.9 Å². The Kier molecular flexibility index (Phi) is 22.2. The van der Waals surface area contributed by atoms with Gasteiger partial charge in [0.2, 0.25) is 0 Å². The Bertz CT molecular complexity index is 2100. The van der Waals surface area contributed by atoms with Crippen LogP contribution in [0, 0.1) is 17.8 Å². The fourth-order valence-corrected chi connectivity index (χ4v) is 13.7. The van der Waals surface area contributed by atoms with Crippen molar-refractivity contribution in [3.05, 3.63) is 41.7 Å². The highest BCUT2D eigenvalue weighted by atomic mass is 32.2. The van der Waals surface area contributed by atoms with Crippen LogP contribution in [-0.2, 0) is 44.4 Å². The molecule has 20 atom stereocenters. The molecule has 20 heteroatoms. The lowest BCUT2D eigenvalue weighted by Gasteiger charge is -2.49. The summed E-state index contributed by atoms with van der Waals surface area (Å²) in [7, 11) is 6.81. The molecule has 1 aliphatic carbocycles. The largest absolute Gasteiger partial charge is 0.459 e. The van der Waals surface area contributed by atoms with E-state index in [0.717, 1.165) is 5.56 Å². The van der Waals surface area contributed by atoms with Gasteiger partial charge in [-0.2, -0.15) is 0 Å². The lowest BCUT2D eigenvalue weighted by Crippen LogP contribution is -2.61. The standard InChI is InChI=1S/C56H94FN5O13S/c1-15-44-56(10,68)49(64)36(6)61(12)30-32(2)27-54(8,67)51(34(4)47(35(5)52(66)73-44)74-45-28-55(9,70-14)50(65)37(7)72-45)75-53-46(63)42(26-33(3)71-53)60(11)25-24-39-31-62(59-58-39)43(29-57)48(69-13)38-20-22-41(23-21-38)76-40-18-16-17-19-40/h20-23,31-37,40,42-51,53,63-65,67-68H,15-19,24-30H2,1-14H3/t32-,33-,34+,35-,36-,37+,42+,43-,44-,45+,46-,47+,48-,49-,50+,51-,53+,54-,55-,56-/m1/s1. The summed E-state index contributed by atoms with van der Waals surface area (Å²) < 4.78 is 60.7. The van der Waals surface area contributed by atoms with Gasteiger partial charge in [-0.25, -0.2) is 9.07 Å². The fraction of sp³-hybridized carbons (Fsp3) is 0.839. The molecule has 0 amide bonds. The van der Waals surface area contributed by atoms with Crippen LogP contribution in [0.3, 0.4) is 0 Å². The summed E-state index contributed by atoms with van der Waals surface area (Å²) in [5.74, 6) is -2.85. The van der Waals surface area contributed by atoms with E-state index in [1.54, 1.807) is 54.8 Å². The van der Waals surface area contributed by atoms with E-state index in [0.29, 0.717) is 36.9 Å². The van der Waals surface area contributed by atoms with E-state index in [-0.39, 0.29) is 25.2 Å². The molecule has 0 spiro atoms. The van der Waals surface area contributed by atoms with Crippen LogP contribution in [0.2, 0.25) is 0 Å². The summed E-state index contributed by atoms with van der Waals surface area (Å²) in [4.78, 5) is 19.7. The average molecular weight is 1100 g/mol. The van der Waals surface area contributed by atoms with Crippen LogP contribution < -0.4 is 0 Å². The minimum atomic E-state index is -1.85. The Labute approximate surface area is 456 Å². The fourth-order valence-electron chi connectivity index (χ4n) is 12.4. The van der Waals surface area contributed by atoms with Gasteiger partial charge >= 0.3 is 5.97 Å². The molecule has 1 saturated carbocycles. The maximum atomic E-state index is 14.9. The first-order chi connectivity index (χ1) is 35.8. The normalized spacial score (nSPS) is 39.9. The highest BCUT2D eigenvalue weighted by Gasteiger charge is 2.53. The number of benzene rings is 1. The van der Waals surface area contributed by atoms with Gasteiger partial charge in [-0.1, -0.05) is 51.0 Å². The summed E-state index contributed by atoms with van der Waals surface area (Å²) in [5.41, 5.74) is -3.09. The summed E-state index contributed by atoms with van der Waals surface area (Å²) in [6, 6.07) is 6.37. The smallest absolute Gasteiger partial charge is 0.311 e. The molecule has 6 rings (SSSR count). The number of halogens is 1. The number of hydrogen-bond acceptors (Lipinski definition) is 18. The van der Waals surface area contributed by atoms with Crippen molar-refractivity contribution in [2.24, 2.45) is 17.8 Å². The van der Waals surface area contributed by atoms with Gasteiger partial charge in [0.15, 0.2) is 12.6 Å². The number of alkyl halides is 1. The predicted molar refractivity (Wildman–Crippen MR) is 286 cm³/mol. The average Bonchev–Trinajstić information content (AvgIpc) is 4.09. The first-order valence-electron chi connectivity index (χ1n) is 27.8.